The molecule has 0 fully saturated rings. The van der Waals surface area contributed by atoms with Crippen LogP contribution in [0.25, 0.3) is 0 Å². The zero-order valence-electron chi connectivity index (χ0n) is 15.5. The second-order valence-electron chi connectivity index (χ2n) is 5.87. The molecule has 0 bridgehead atoms. The van der Waals surface area contributed by atoms with Gasteiger partial charge in [-0.15, -0.1) is 0 Å². The van der Waals surface area contributed by atoms with Gasteiger partial charge in [0, 0.05) is 6.42 Å². The Balaban J connectivity index is 2.28. The number of ether oxygens (including phenoxy) is 2. The highest BCUT2D eigenvalue weighted by Crippen LogP contribution is 2.30. The van der Waals surface area contributed by atoms with Gasteiger partial charge >= 0.3 is 0 Å². The topological polar surface area (TPSA) is 47.6 Å². The second-order valence-corrected chi connectivity index (χ2v) is 5.87. The van der Waals surface area contributed by atoms with Gasteiger partial charge in [0.25, 0.3) is 0 Å². The molecule has 0 saturated heterocycles. The number of carbonyl (C=O) groups excluding carboxylic acids is 1. The first-order chi connectivity index (χ1) is 12.1. The minimum atomic E-state index is -0.0283. The van der Waals surface area contributed by atoms with Crippen molar-refractivity contribution in [3.05, 3.63) is 53.1 Å². The minimum absolute atomic E-state index is 0.0283. The molecule has 2 aromatic carbocycles. The van der Waals surface area contributed by atoms with E-state index in [1.807, 2.05) is 44.2 Å². The summed E-state index contributed by atoms with van der Waals surface area (Å²) in [5.41, 5.74) is 3.99. The molecule has 0 aliphatic carbocycles. The van der Waals surface area contributed by atoms with Crippen molar-refractivity contribution in [3.63, 3.8) is 0 Å². The zero-order chi connectivity index (χ0) is 18.2. The number of aryl methyl sites for hydroxylation is 2. The molecule has 0 atom stereocenters. The number of hydrogen-bond acceptors (Lipinski definition) is 3. The number of anilines is 1. The van der Waals surface area contributed by atoms with E-state index in [1.165, 1.54) is 11.1 Å². The van der Waals surface area contributed by atoms with Crippen LogP contribution in [-0.4, -0.2) is 12.5 Å². The average molecular weight is 341 g/mol. The summed E-state index contributed by atoms with van der Waals surface area (Å²) in [6.45, 7) is 8.86. The van der Waals surface area contributed by atoms with Gasteiger partial charge in [-0.05, 0) is 44.0 Å². The van der Waals surface area contributed by atoms with Crippen molar-refractivity contribution in [2.45, 2.75) is 47.1 Å². The summed E-state index contributed by atoms with van der Waals surface area (Å²) in [4.78, 5) is 11.8. The molecule has 0 radical (unpaired) electrons. The summed E-state index contributed by atoms with van der Waals surface area (Å²) in [6, 6.07) is 11.8. The van der Waals surface area contributed by atoms with Gasteiger partial charge in [-0.2, -0.15) is 0 Å². The molecule has 1 amide bonds. The lowest BCUT2D eigenvalue weighted by molar-refractivity contribution is -0.115. The molecule has 0 heterocycles. The number of rotatable bonds is 8. The van der Waals surface area contributed by atoms with Crippen molar-refractivity contribution in [1.29, 1.82) is 0 Å². The van der Waals surface area contributed by atoms with E-state index in [-0.39, 0.29) is 5.91 Å². The van der Waals surface area contributed by atoms with Gasteiger partial charge in [-0.3, -0.25) is 4.79 Å². The Morgan fingerprint density at radius 1 is 1.04 bits per heavy atom. The Bertz CT molecular complexity index is 725. The van der Waals surface area contributed by atoms with E-state index in [0.29, 0.717) is 19.6 Å². The highest BCUT2D eigenvalue weighted by molar-refractivity contribution is 5.91. The van der Waals surface area contributed by atoms with E-state index >= 15 is 0 Å². The van der Waals surface area contributed by atoms with Crippen LogP contribution < -0.4 is 14.8 Å². The molecule has 4 heteroatoms. The molecule has 0 aliphatic heterocycles. The molecular formula is C21H27NO3. The second kappa shape index (κ2) is 9.11. The van der Waals surface area contributed by atoms with Crippen molar-refractivity contribution in [3.8, 4) is 11.5 Å². The van der Waals surface area contributed by atoms with E-state index < -0.39 is 0 Å². The van der Waals surface area contributed by atoms with Crippen molar-refractivity contribution >= 4 is 11.6 Å². The van der Waals surface area contributed by atoms with Crippen molar-refractivity contribution < 1.29 is 14.3 Å². The van der Waals surface area contributed by atoms with Gasteiger partial charge in [-0.1, -0.05) is 37.6 Å². The number of amides is 1. The molecule has 0 spiro atoms. The van der Waals surface area contributed by atoms with Crippen LogP contribution in [0.1, 0.15) is 43.9 Å². The maximum Gasteiger partial charge on any atom is 0.224 e. The molecule has 0 saturated carbocycles. The van der Waals surface area contributed by atoms with Crippen LogP contribution >= 0.6 is 0 Å². The van der Waals surface area contributed by atoms with Crippen molar-refractivity contribution in [2.75, 3.05) is 11.9 Å². The predicted octanol–water partition coefficient (Wildman–Crippen LogP) is 4.88. The fourth-order valence-corrected chi connectivity index (χ4v) is 2.64. The molecule has 0 aromatic heterocycles. The minimum Gasteiger partial charge on any atom is -0.493 e. The molecule has 0 aliphatic rings. The zero-order valence-corrected chi connectivity index (χ0v) is 15.5. The lowest BCUT2D eigenvalue weighted by Gasteiger charge is -2.17. The maximum absolute atomic E-state index is 11.8. The fourth-order valence-electron chi connectivity index (χ4n) is 2.64. The van der Waals surface area contributed by atoms with E-state index in [1.54, 1.807) is 0 Å². The maximum atomic E-state index is 11.8. The molecule has 134 valence electrons. The first kappa shape index (κ1) is 18.8. The molecule has 4 nitrogen and oxygen atoms in total. The van der Waals surface area contributed by atoms with Crippen molar-refractivity contribution in [2.24, 2.45) is 0 Å². The molecule has 1 N–H and O–H groups in total. The van der Waals surface area contributed by atoms with Crippen molar-refractivity contribution in [1.82, 2.24) is 0 Å². The molecule has 0 unspecified atom stereocenters. The predicted molar refractivity (Wildman–Crippen MR) is 101 cm³/mol. The largest absolute Gasteiger partial charge is 0.493 e. The number of benzene rings is 2. The van der Waals surface area contributed by atoms with Gasteiger partial charge in [0.2, 0.25) is 5.91 Å². The third-order valence-electron chi connectivity index (χ3n) is 4.00. The smallest absolute Gasteiger partial charge is 0.224 e. The first-order valence-electron chi connectivity index (χ1n) is 8.85. The van der Waals surface area contributed by atoms with E-state index in [9.17, 15) is 4.79 Å². The number of hydrogen-bond donors (Lipinski definition) is 1. The Hall–Kier alpha value is -2.49. The highest BCUT2D eigenvalue weighted by Gasteiger charge is 2.13. The third-order valence-corrected chi connectivity index (χ3v) is 4.00. The lowest BCUT2D eigenvalue weighted by atomic mass is 10.1. The van der Waals surface area contributed by atoms with Crippen LogP contribution in [-0.2, 0) is 17.8 Å². The Morgan fingerprint density at radius 2 is 1.84 bits per heavy atom. The van der Waals surface area contributed by atoms with Crippen LogP contribution in [0.5, 0.6) is 11.5 Å². The van der Waals surface area contributed by atoms with Crippen LogP contribution in [0, 0.1) is 6.92 Å². The summed E-state index contributed by atoms with van der Waals surface area (Å²) in [6.07, 6.45) is 1.33. The van der Waals surface area contributed by atoms with Gasteiger partial charge < -0.3 is 14.8 Å². The van der Waals surface area contributed by atoms with Crippen LogP contribution in [0.3, 0.4) is 0 Å². The normalized spacial score (nSPS) is 10.4. The average Bonchev–Trinajstić information content (AvgIpc) is 2.62. The fraction of sp³-hybridized carbons (Fsp3) is 0.381. The third kappa shape index (κ3) is 4.99. The van der Waals surface area contributed by atoms with E-state index in [4.69, 9.17) is 9.47 Å². The molecule has 25 heavy (non-hydrogen) atoms. The summed E-state index contributed by atoms with van der Waals surface area (Å²) in [7, 11) is 0. The Morgan fingerprint density at radius 3 is 2.52 bits per heavy atom. The summed E-state index contributed by atoms with van der Waals surface area (Å²) < 4.78 is 11.8. The summed E-state index contributed by atoms with van der Waals surface area (Å²) >= 11 is 0. The highest BCUT2D eigenvalue weighted by atomic mass is 16.5. The quantitative estimate of drug-likeness (QED) is 0.744. The standard InChI is InChI=1S/C21H27NO3/c1-5-16-13-15(4)11-12-19(16)25-14-17-18(22-21(23)6-2)9-8-10-20(17)24-7-3/h8-13H,5-7,14H2,1-4H3,(H,22,23). The Kier molecular flexibility index (Phi) is 6.87. The van der Waals surface area contributed by atoms with Gasteiger partial charge in [-0.25, -0.2) is 0 Å². The van der Waals surface area contributed by atoms with Gasteiger partial charge in [0.1, 0.15) is 18.1 Å². The number of nitrogens with one attached hydrogen (secondary N) is 1. The van der Waals surface area contributed by atoms with Gasteiger partial charge in [0.15, 0.2) is 0 Å². The summed E-state index contributed by atoms with van der Waals surface area (Å²) in [5, 5.41) is 2.93. The summed E-state index contributed by atoms with van der Waals surface area (Å²) in [5.74, 6) is 1.58. The SMILES string of the molecule is CCOc1cccc(NC(=O)CC)c1COc1ccc(C)cc1CC. The van der Waals surface area contributed by atoms with Crippen LogP contribution in [0.15, 0.2) is 36.4 Å². The monoisotopic (exact) mass is 341 g/mol. The van der Waals surface area contributed by atoms with Crippen LogP contribution in [0.2, 0.25) is 0 Å². The molecular weight excluding hydrogens is 314 g/mol. The molecule has 2 rings (SSSR count). The van der Waals surface area contributed by atoms with Crippen LogP contribution in [0.4, 0.5) is 5.69 Å². The van der Waals surface area contributed by atoms with E-state index in [2.05, 4.69) is 25.2 Å². The first-order valence-corrected chi connectivity index (χ1v) is 8.85. The Labute approximate surface area is 150 Å². The van der Waals surface area contributed by atoms with E-state index in [0.717, 1.165) is 29.2 Å². The van der Waals surface area contributed by atoms with Gasteiger partial charge in [0.05, 0.1) is 17.9 Å². The lowest BCUT2D eigenvalue weighted by Crippen LogP contribution is -2.13. The molecule has 2 aromatic rings. The number of carbonyl (C=O) groups is 1.